The van der Waals surface area contributed by atoms with Crippen LogP contribution >= 0.6 is 27.7 Å². The van der Waals surface area contributed by atoms with Crippen LogP contribution in [0.15, 0.2) is 56.4 Å². The highest BCUT2D eigenvalue weighted by atomic mass is 79.9. The number of hydrogen-bond donors (Lipinski definition) is 1. The fourth-order valence-corrected chi connectivity index (χ4v) is 2.89. The summed E-state index contributed by atoms with van der Waals surface area (Å²) in [6.07, 6.45) is 1.62. The molecule has 4 heteroatoms. The number of aliphatic hydroxyl groups is 1. The number of rotatable bonds is 4. The lowest BCUT2D eigenvalue weighted by atomic mass is 10.3. The quantitative estimate of drug-likeness (QED) is 0.870. The summed E-state index contributed by atoms with van der Waals surface area (Å²) in [4.78, 5) is 1.10. The maximum atomic E-state index is 9.35. The van der Waals surface area contributed by atoms with Gasteiger partial charge in [0.2, 0.25) is 0 Å². The molecule has 0 amide bonds. The van der Waals surface area contributed by atoms with Crippen molar-refractivity contribution in [2.45, 2.75) is 10.1 Å². The lowest BCUT2D eigenvalue weighted by Gasteiger charge is -2.12. The van der Waals surface area contributed by atoms with Gasteiger partial charge in [-0.05, 0) is 40.2 Å². The Kier molecular flexibility index (Phi) is 4.09. The summed E-state index contributed by atoms with van der Waals surface area (Å²) in [6.45, 7) is 0.0551. The Morgan fingerprint density at radius 2 is 2.06 bits per heavy atom. The van der Waals surface area contributed by atoms with E-state index in [-0.39, 0.29) is 11.9 Å². The van der Waals surface area contributed by atoms with E-state index in [9.17, 15) is 5.11 Å². The van der Waals surface area contributed by atoms with E-state index in [4.69, 9.17) is 4.42 Å². The van der Waals surface area contributed by atoms with Gasteiger partial charge in [0.1, 0.15) is 5.76 Å². The number of benzene rings is 1. The van der Waals surface area contributed by atoms with Gasteiger partial charge in [-0.25, -0.2) is 0 Å². The molecule has 1 atom stereocenters. The molecule has 2 rings (SSSR count). The van der Waals surface area contributed by atoms with Crippen molar-refractivity contribution in [3.63, 3.8) is 0 Å². The molecule has 0 saturated carbocycles. The third-order valence-electron chi connectivity index (χ3n) is 2.13. The number of furan rings is 1. The second-order valence-electron chi connectivity index (χ2n) is 3.23. The van der Waals surface area contributed by atoms with Gasteiger partial charge in [0.05, 0.1) is 18.1 Å². The molecule has 1 aromatic carbocycles. The fourth-order valence-electron chi connectivity index (χ4n) is 1.35. The van der Waals surface area contributed by atoms with Crippen LogP contribution in [0.1, 0.15) is 11.0 Å². The molecule has 2 aromatic rings. The summed E-state index contributed by atoms with van der Waals surface area (Å²) in [5, 5.41) is 9.29. The molecule has 84 valence electrons. The monoisotopic (exact) mass is 298 g/mol. The molecule has 0 fully saturated rings. The van der Waals surface area contributed by atoms with Crippen molar-refractivity contribution in [2.75, 3.05) is 6.61 Å². The van der Waals surface area contributed by atoms with Crippen LogP contribution < -0.4 is 0 Å². The van der Waals surface area contributed by atoms with Crippen LogP contribution in [-0.2, 0) is 0 Å². The predicted octanol–water partition coefficient (Wildman–Crippen LogP) is 3.87. The predicted molar refractivity (Wildman–Crippen MR) is 68.5 cm³/mol. The van der Waals surface area contributed by atoms with Gasteiger partial charge in [0.25, 0.3) is 0 Å². The number of halogens is 1. The third kappa shape index (κ3) is 2.70. The first-order valence-corrected chi connectivity index (χ1v) is 6.54. The minimum absolute atomic E-state index is 0.0551. The van der Waals surface area contributed by atoms with Crippen molar-refractivity contribution in [1.29, 1.82) is 0 Å². The molecule has 0 spiro atoms. The Morgan fingerprint density at radius 1 is 1.25 bits per heavy atom. The standard InChI is InChI=1S/C12H11BrO2S/c13-9-4-1-2-6-11(9)16-12(8-14)10-5-3-7-15-10/h1-7,12,14H,8H2/t12-/m1/s1. The van der Waals surface area contributed by atoms with Gasteiger partial charge in [-0.1, -0.05) is 12.1 Å². The average molecular weight is 299 g/mol. The molecule has 1 aromatic heterocycles. The molecule has 0 saturated heterocycles. The van der Waals surface area contributed by atoms with Crippen molar-refractivity contribution in [1.82, 2.24) is 0 Å². The van der Waals surface area contributed by atoms with E-state index in [1.54, 1.807) is 18.0 Å². The zero-order valence-corrected chi connectivity index (χ0v) is 10.9. The zero-order chi connectivity index (χ0) is 11.4. The first-order valence-electron chi connectivity index (χ1n) is 4.86. The molecule has 16 heavy (non-hydrogen) atoms. The van der Waals surface area contributed by atoms with E-state index < -0.39 is 0 Å². The highest BCUT2D eigenvalue weighted by molar-refractivity contribution is 9.10. The molecule has 0 aliphatic carbocycles. The van der Waals surface area contributed by atoms with E-state index in [1.165, 1.54) is 0 Å². The van der Waals surface area contributed by atoms with Crippen molar-refractivity contribution in [2.24, 2.45) is 0 Å². The van der Waals surface area contributed by atoms with Gasteiger partial charge >= 0.3 is 0 Å². The second kappa shape index (κ2) is 5.57. The molecular weight excluding hydrogens is 288 g/mol. The Bertz CT molecular complexity index is 442. The molecule has 0 radical (unpaired) electrons. The minimum Gasteiger partial charge on any atom is -0.468 e. The maximum absolute atomic E-state index is 9.35. The first kappa shape index (κ1) is 11.8. The summed E-state index contributed by atoms with van der Waals surface area (Å²) in [6, 6.07) is 11.7. The smallest absolute Gasteiger partial charge is 0.119 e. The van der Waals surface area contributed by atoms with Crippen LogP contribution in [0.3, 0.4) is 0 Å². The van der Waals surface area contributed by atoms with Crippen LogP contribution in [0, 0.1) is 0 Å². The fraction of sp³-hybridized carbons (Fsp3) is 0.167. The van der Waals surface area contributed by atoms with Gasteiger partial charge in [-0.15, -0.1) is 11.8 Å². The Labute approximate surface area is 107 Å². The van der Waals surface area contributed by atoms with Crippen LogP contribution in [0.4, 0.5) is 0 Å². The lowest BCUT2D eigenvalue weighted by molar-refractivity contribution is 0.284. The lowest BCUT2D eigenvalue weighted by Crippen LogP contribution is -1.98. The molecule has 0 unspecified atom stereocenters. The zero-order valence-electron chi connectivity index (χ0n) is 8.47. The summed E-state index contributed by atoms with van der Waals surface area (Å²) >= 11 is 5.07. The van der Waals surface area contributed by atoms with Gasteiger partial charge < -0.3 is 9.52 Å². The minimum atomic E-state index is -0.0614. The Morgan fingerprint density at radius 3 is 2.69 bits per heavy atom. The maximum Gasteiger partial charge on any atom is 0.119 e. The number of hydrogen-bond acceptors (Lipinski definition) is 3. The normalized spacial score (nSPS) is 12.6. The molecule has 0 bridgehead atoms. The molecule has 0 aliphatic heterocycles. The summed E-state index contributed by atoms with van der Waals surface area (Å²) < 4.78 is 6.33. The van der Waals surface area contributed by atoms with Gasteiger partial charge in [-0.3, -0.25) is 0 Å². The van der Waals surface area contributed by atoms with Crippen LogP contribution in [0.2, 0.25) is 0 Å². The average Bonchev–Trinajstić information content (AvgIpc) is 2.81. The molecule has 0 aliphatic rings. The van der Waals surface area contributed by atoms with Gasteiger partial charge in [0, 0.05) is 9.37 Å². The summed E-state index contributed by atoms with van der Waals surface area (Å²) in [5.74, 6) is 0.795. The molecule has 1 N–H and O–H groups in total. The molecule has 2 nitrogen and oxygen atoms in total. The van der Waals surface area contributed by atoms with Crippen molar-refractivity contribution < 1.29 is 9.52 Å². The van der Waals surface area contributed by atoms with E-state index >= 15 is 0 Å². The third-order valence-corrected chi connectivity index (χ3v) is 4.36. The van der Waals surface area contributed by atoms with Crippen molar-refractivity contribution in [3.05, 3.63) is 52.9 Å². The van der Waals surface area contributed by atoms with Gasteiger partial charge in [0.15, 0.2) is 0 Å². The Balaban J connectivity index is 2.17. The van der Waals surface area contributed by atoms with Gasteiger partial charge in [-0.2, -0.15) is 0 Å². The molecule has 1 heterocycles. The van der Waals surface area contributed by atoms with E-state index in [0.29, 0.717) is 0 Å². The summed E-state index contributed by atoms with van der Waals surface area (Å²) in [5.41, 5.74) is 0. The van der Waals surface area contributed by atoms with Crippen LogP contribution in [-0.4, -0.2) is 11.7 Å². The molecular formula is C12H11BrO2S. The number of aliphatic hydroxyl groups excluding tert-OH is 1. The summed E-state index contributed by atoms with van der Waals surface area (Å²) in [7, 11) is 0. The van der Waals surface area contributed by atoms with E-state index in [2.05, 4.69) is 15.9 Å². The first-order chi connectivity index (χ1) is 7.81. The highest BCUT2D eigenvalue weighted by Gasteiger charge is 2.15. The van der Waals surface area contributed by atoms with E-state index in [0.717, 1.165) is 15.1 Å². The topological polar surface area (TPSA) is 33.4 Å². The second-order valence-corrected chi connectivity index (χ2v) is 5.33. The number of thioether (sulfide) groups is 1. The van der Waals surface area contributed by atoms with Crippen LogP contribution in [0.25, 0.3) is 0 Å². The highest BCUT2D eigenvalue weighted by Crippen LogP contribution is 2.38. The van der Waals surface area contributed by atoms with Crippen LogP contribution in [0.5, 0.6) is 0 Å². The largest absolute Gasteiger partial charge is 0.468 e. The van der Waals surface area contributed by atoms with Crippen molar-refractivity contribution >= 4 is 27.7 Å². The van der Waals surface area contributed by atoms with E-state index in [1.807, 2.05) is 36.4 Å². The van der Waals surface area contributed by atoms with Crippen molar-refractivity contribution in [3.8, 4) is 0 Å². The Hall–Kier alpha value is -0.710. The SMILES string of the molecule is OC[C@@H](Sc1ccccc1Br)c1ccco1.